The van der Waals surface area contributed by atoms with Crippen molar-refractivity contribution in [3.63, 3.8) is 0 Å². The summed E-state index contributed by atoms with van der Waals surface area (Å²) in [7, 11) is 0.178. The molecule has 2 rings (SSSR count). The largest absolute Gasteiger partial charge is 0.0721 e. The van der Waals surface area contributed by atoms with Crippen LogP contribution < -0.4 is 5.30 Å². The number of hydrogen-bond acceptors (Lipinski definition) is 0. The van der Waals surface area contributed by atoms with Gasteiger partial charge in [0, 0.05) is 0 Å². The van der Waals surface area contributed by atoms with E-state index in [1.54, 1.807) is 5.30 Å². The Morgan fingerprint density at radius 3 is 2.40 bits per heavy atom. The predicted octanol–water partition coefficient (Wildman–Crippen LogP) is 6.12. The van der Waals surface area contributed by atoms with Gasteiger partial charge in [0.05, 0.1) is 0 Å². The molecule has 1 aromatic rings. The smallest absolute Gasteiger partial charge is 0.0197 e. The molecule has 0 aromatic heterocycles. The lowest BCUT2D eigenvalue weighted by molar-refractivity contribution is 0.550. The summed E-state index contributed by atoms with van der Waals surface area (Å²) < 4.78 is 0. The van der Waals surface area contributed by atoms with Crippen molar-refractivity contribution < 1.29 is 0 Å². The molecule has 0 N–H and O–H groups in total. The molecule has 0 nitrogen and oxygen atoms in total. The number of rotatable bonds is 4. The molecule has 1 aromatic carbocycles. The van der Waals surface area contributed by atoms with Crippen LogP contribution in [-0.2, 0) is 0 Å². The van der Waals surface area contributed by atoms with E-state index in [-0.39, 0.29) is 7.92 Å². The van der Waals surface area contributed by atoms with Crippen molar-refractivity contribution in [1.29, 1.82) is 0 Å². The third kappa shape index (κ3) is 5.96. The zero-order valence-corrected chi connectivity index (χ0v) is 15.0. The molecule has 0 saturated carbocycles. The number of hydrogen-bond donors (Lipinski definition) is 0. The molecule has 1 fully saturated rings. The molecule has 1 heteroatoms. The second kappa shape index (κ2) is 9.56. The minimum Gasteiger partial charge on any atom is -0.0721 e. The first-order chi connectivity index (χ1) is 9.56. The van der Waals surface area contributed by atoms with Crippen LogP contribution in [0.15, 0.2) is 24.3 Å². The molecule has 1 heterocycles. The van der Waals surface area contributed by atoms with E-state index in [2.05, 4.69) is 58.9 Å². The van der Waals surface area contributed by atoms with Gasteiger partial charge in [-0.15, -0.1) is 0 Å². The normalized spacial score (nSPS) is 21.7. The van der Waals surface area contributed by atoms with Gasteiger partial charge in [-0.05, 0) is 48.4 Å². The standard InChI is InChI=1S/C12H17P.C7H16/c1-10-6-3-4-8-12(10)13-9-5-7-11(13)2;1-4-5-6-7(2)3/h3-4,6,8,11H,5,7,9H2,1-2H3;7H,4-6H2,1-3H3. The van der Waals surface area contributed by atoms with Crippen molar-refractivity contribution in [1.82, 2.24) is 0 Å². The minimum atomic E-state index is 0.178. The third-order valence-corrected chi connectivity index (χ3v) is 7.35. The Bertz CT molecular complexity index is 370. The summed E-state index contributed by atoms with van der Waals surface area (Å²) in [5.41, 5.74) is 2.46. The molecule has 0 aliphatic carbocycles. The van der Waals surface area contributed by atoms with E-state index in [1.165, 1.54) is 43.8 Å². The van der Waals surface area contributed by atoms with E-state index in [9.17, 15) is 0 Å². The molecule has 0 spiro atoms. The molecule has 0 radical (unpaired) electrons. The molecular weight excluding hydrogens is 259 g/mol. The number of benzene rings is 1. The van der Waals surface area contributed by atoms with Gasteiger partial charge in [-0.2, -0.15) is 0 Å². The summed E-state index contributed by atoms with van der Waals surface area (Å²) in [4.78, 5) is 0. The third-order valence-electron chi connectivity index (χ3n) is 4.11. The lowest BCUT2D eigenvalue weighted by atomic mass is 10.1. The van der Waals surface area contributed by atoms with Crippen LogP contribution in [0.25, 0.3) is 0 Å². The Morgan fingerprint density at radius 2 is 1.95 bits per heavy atom. The monoisotopic (exact) mass is 292 g/mol. The van der Waals surface area contributed by atoms with Gasteiger partial charge in [-0.3, -0.25) is 0 Å². The van der Waals surface area contributed by atoms with Gasteiger partial charge in [0.15, 0.2) is 0 Å². The highest BCUT2D eigenvalue weighted by Gasteiger charge is 2.24. The van der Waals surface area contributed by atoms with Crippen molar-refractivity contribution in [3.05, 3.63) is 29.8 Å². The maximum atomic E-state index is 2.42. The maximum Gasteiger partial charge on any atom is -0.0197 e. The maximum absolute atomic E-state index is 2.42. The van der Waals surface area contributed by atoms with E-state index in [4.69, 9.17) is 0 Å². The Balaban J connectivity index is 0.000000246. The SMILES string of the molecule is CCCCC(C)C.Cc1ccccc1P1CCCC1C. The Kier molecular flexibility index (Phi) is 8.46. The molecule has 0 bridgehead atoms. The van der Waals surface area contributed by atoms with Crippen molar-refractivity contribution in [2.75, 3.05) is 6.16 Å². The van der Waals surface area contributed by atoms with Crippen molar-refractivity contribution >= 4 is 13.2 Å². The Labute approximate surface area is 128 Å². The Morgan fingerprint density at radius 1 is 1.25 bits per heavy atom. The predicted molar refractivity (Wildman–Crippen MR) is 95.7 cm³/mol. The average molecular weight is 292 g/mol. The van der Waals surface area contributed by atoms with Gasteiger partial charge < -0.3 is 0 Å². The highest BCUT2D eigenvalue weighted by molar-refractivity contribution is 7.66. The van der Waals surface area contributed by atoms with Crippen LogP contribution in [0.1, 0.15) is 65.4 Å². The minimum absolute atomic E-state index is 0.178. The second-order valence-electron chi connectivity index (χ2n) is 6.51. The van der Waals surface area contributed by atoms with Gasteiger partial charge in [-0.25, -0.2) is 0 Å². The van der Waals surface area contributed by atoms with E-state index < -0.39 is 0 Å². The summed E-state index contributed by atoms with van der Waals surface area (Å²) in [5.74, 6) is 0.903. The highest BCUT2D eigenvalue weighted by Crippen LogP contribution is 2.49. The van der Waals surface area contributed by atoms with Gasteiger partial charge in [-0.1, -0.05) is 79.1 Å². The van der Waals surface area contributed by atoms with Crippen LogP contribution in [0.3, 0.4) is 0 Å². The summed E-state index contributed by atoms with van der Waals surface area (Å²) in [6, 6.07) is 8.93. The number of unbranched alkanes of at least 4 members (excludes halogenated alkanes) is 1. The molecule has 2 unspecified atom stereocenters. The van der Waals surface area contributed by atoms with E-state index in [0.717, 1.165) is 11.6 Å². The van der Waals surface area contributed by atoms with Crippen LogP contribution in [0.2, 0.25) is 0 Å². The van der Waals surface area contributed by atoms with Gasteiger partial charge in [0.1, 0.15) is 0 Å². The Hall–Kier alpha value is -0.350. The average Bonchev–Trinajstić information content (AvgIpc) is 2.84. The first-order valence-electron chi connectivity index (χ1n) is 8.38. The molecule has 2 atom stereocenters. The zero-order chi connectivity index (χ0) is 15.0. The summed E-state index contributed by atoms with van der Waals surface area (Å²) in [6.07, 6.45) is 8.49. The summed E-state index contributed by atoms with van der Waals surface area (Å²) in [5, 5.41) is 1.66. The van der Waals surface area contributed by atoms with Crippen LogP contribution in [-0.4, -0.2) is 11.8 Å². The van der Waals surface area contributed by atoms with Crippen molar-refractivity contribution in [2.24, 2.45) is 5.92 Å². The number of aryl methyl sites for hydroxylation is 1. The van der Waals surface area contributed by atoms with Gasteiger partial charge in [0.2, 0.25) is 0 Å². The summed E-state index contributed by atoms with van der Waals surface area (Å²) in [6.45, 7) is 11.5. The molecule has 1 saturated heterocycles. The fourth-order valence-corrected chi connectivity index (χ4v) is 5.77. The van der Waals surface area contributed by atoms with Crippen LogP contribution >= 0.6 is 7.92 Å². The van der Waals surface area contributed by atoms with Gasteiger partial charge >= 0.3 is 0 Å². The van der Waals surface area contributed by atoms with Gasteiger partial charge in [0.25, 0.3) is 0 Å². The first kappa shape index (κ1) is 17.7. The fourth-order valence-electron chi connectivity index (χ4n) is 2.79. The van der Waals surface area contributed by atoms with Crippen molar-refractivity contribution in [3.8, 4) is 0 Å². The lowest BCUT2D eigenvalue weighted by Gasteiger charge is -2.18. The quantitative estimate of drug-likeness (QED) is 0.587. The lowest BCUT2D eigenvalue weighted by Crippen LogP contribution is -2.09. The fraction of sp³-hybridized carbons (Fsp3) is 0.684. The zero-order valence-electron chi connectivity index (χ0n) is 14.2. The molecular formula is C19H33P. The van der Waals surface area contributed by atoms with E-state index in [0.29, 0.717) is 0 Å². The van der Waals surface area contributed by atoms with Crippen LogP contribution in [0.4, 0.5) is 0 Å². The topological polar surface area (TPSA) is 0 Å². The van der Waals surface area contributed by atoms with E-state index >= 15 is 0 Å². The van der Waals surface area contributed by atoms with Crippen molar-refractivity contribution in [2.45, 2.75) is 72.4 Å². The molecule has 1 aliphatic heterocycles. The summed E-state index contributed by atoms with van der Waals surface area (Å²) >= 11 is 0. The van der Waals surface area contributed by atoms with Crippen LogP contribution in [0, 0.1) is 12.8 Å². The molecule has 20 heavy (non-hydrogen) atoms. The van der Waals surface area contributed by atoms with Crippen LogP contribution in [0.5, 0.6) is 0 Å². The molecule has 0 amide bonds. The first-order valence-corrected chi connectivity index (χ1v) is 9.98. The highest BCUT2D eigenvalue weighted by atomic mass is 31.1. The second-order valence-corrected chi connectivity index (χ2v) is 9.26. The molecule has 1 aliphatic rings. The van der Waals surface area contributed by atoms with E-state index in [1.807, 2.05) is 0 Å². The molecule has 114 valence electrons.